The third-order valence-electron chi connectivity index (χ3n) is 5.02. The molecule has 2 aliphatic heterocycles. The van der Waals surface area contributed by atoms with Crippen LogP contribution in [0.4, 0.5) is 20.2 Å². The monoisotopic (exact) mass is 406 g/mol. The van der Waals surface area contributed by atoms with Gasteiger partial charge in [-0.2, -0.15) is 0 Å². The fourth-order valence-electron chi connectivity index (χ4n) is 3.97. The maximum Gasteiger partial charge on any atom is 0.179 e. The van der Waals surface area contributed by atoms with Crippen molar-refractivity contribution in [3.05, 3.63) is 64.2 Å². The number of phenols is 1. The molecular weight excluding hydrogens is 386 g/mol. The van der Waals surface area contributed by atoms with Gasteiger partial charge in [0.15, 0.2) is 9.84 Å². The van der Waals surface area contributed by atoms with E-state index in [2.05, 4.69) is 10.6 Å². The highest BCUT2D eigenvalue weighted by atomic mass is 32.2. The van der Waals surface area contributed by atoms with Crippen LogP contribution in [0.5, 0.6) is 5.75 Å². The first-order valence-corrected chi connectivity index (χ1v) is 10.5. The largest absolute Gasteiger partial charge is 0.506 e. The molecule has 4 rings (SSSR count). The minimum Gasteiger partial charge on any atom is -0.506 e. The number of rotatable bonds is 1. The summed E-state index contributed by atoms with van der Waals surface area (Å²) in [5.41, 5.74) is 0.641. The van der Waals surface area contributed by atoms with Gasteiger partial charge in [-0.25, -0.2) is 17.2 Å². The van der Waals surface area contributed by atoms with Crippen LogP contribution in [0, 0.1) is 17.0 Å². The highest BCUT2D eigenvalue weighted by molar-refractivity contribution is 7.95. The molecule has 1 atom stereocenters. The lowest BCUT2D eigenvalue weighted by atomic mass is 9.88. The van der Waals surface area contributed by atoms with E-state index in [1.807, 2.05) is 13.8 Å². The number of sulfone groups is 1. The van der Waals surface area contributed by atoms with Gasteiger partial charge in [0.05, 0.1) is 22.4 Å². The Labute approximate surface area is 162 Å². The molecule has 0 radical (unpaired) electrons. The summed E-state index contributed by atoms with van der Waals surface area (Å²) in [5, 5.41) is 16.4. The topological polar surface area (TPSA) is 78.4 Å². The highest BCUT2D eigenvalue weighted by Gasteiger charge is 2.43. The molecule has 0 amide bonds. The van der Waals surface area contributed by atoms with Crippen molar-refractivity contribution >= 4 is 21.2 Å². The van der Waals surface area contributed by atoms with E-state index < -0.39 is 32.9 Å². The lowest BCUT2D eigenvalue weighted by Gasteiger charge is -2.34. The lowest BCUT2D eigenvalue weighted by molar-refractivity contribution is 0.400. The molecule has 8 heteroatoms. The summed E-state index contributed by atoms with van der Waals surface area (Å²) in [4.78, 5) is 0.0212. The van der Waals surface area contributed by atoms with Crippen LogP contribution in [-0.2, 0) is 9.84 Å². The van der Waals surface area contributed by atoms with Crippen LogP contribution in [0.2, 0.25) is 0 Å². The zero-order valence-electron chi connectivity index (χ0n) is 15.4. The summed E-state index contributed by atoms with van der Waals surface area (Å²) in [6, 6.07) is 6.77. The second-order valence-electron chi connectivity index (χ2n) is 8.01. The summed E-state index contributed by atoms with van der Waals surface area (Å²) < 4.78 is 54.4. The van der Waals surface area contributed by atoms with Crippen LogP contribution in [0.15, 0.2) is 47.0 Å². The molecule has 0 fully saturated rings. The number of hydrogen-bond acceptors (Lipinski definition) is 5. The number of aromatic hydroxyl groups is 1. The predicted octanol–water partition coefficient (Wildman–Crippen LogP) is 4.31. The number of anilines is 2. The molecule has 3 N–H and O–H groups in total. The Morgan fingerprint density at radius 1 is 1.18 bits per heavy atom. The Kier molecular flexibility index (Phi) is 4.15. The molecule has 28 heavy (non-hydrogen) atoms. The van der Waals surface area contributed by atoms with Crippen LogP contribution < -0.4 is 10.6 Å². The first kappa shape index (κ1) is 18.7. The zero-order valence-corrected chi connectivity index (χ0v) is 16.2. The van der Waals surface area contributed by atoms with E-state index >= 15 is 0 Å². The van der Waals surface area contributed by atoms with E-state index in [0.717, 1.165) is 12.1 Å². The van der Waals surface area contributed by atoms with Gasteiger partial charge in [-0.1, -0.05) is 26.0 Å². The first-order valence-electron chi connectivity index (χ1n) is 8.84. The van der Waals surface area contributed by atoms with E-state index in [9.17, 15) is 22.3 Å². The maximum absolute atomic E-state index is 14.6. The SMILES string of the molecule is CC1(C)CC2=C(C(c3ccc(F)cc3F)Nc3cccc(O)c3N2)S(=O)(=O)C1. The quantitative estimate of drug-likeness (QED) is 0.616. The Bertz CT molecular complexity index is 1110. The van der Waals surface area contributed by atoms with Gasteiger partial charge < -0.3 is 15.7 Å². The molecule has 0 saturated carbocycles. The summed E-state index contributed by atoms with van der Waals surface area (Å²) >= 11 is 0. The fourth-order valence-corrected chi connectivity index (χ4v) is 6.30. The fraction of sp³-hybridized carbons (Fsp3) is 0.300. The number of benzene rings is 2. The summed E-state index contributed by atoms with van der Waals surface area (Å²) in [5.74, 6) is -1.73. The number of phenolic OH excluding ortho intramolecular Hbond substituents is 1. The number of hydrogen-bond donors (Lipinski definition) is 3. The van der Waals surface area contributed by atoms with Crippen LogP contribution in [0.3, 0.4) is 0 Å². The normalized spacial score (nSPS) is 22.4. The third-order valence-corrected chi connectivity index (χ3v) is 7.34. The van der Waals surface area contributed by atoms with Crippen molar-refractivity contribution in [3.8, 4) is 5.75 Å². The predicted molar refractivity (Wildman–Crippen MR) is 104 cm³/mol. The van der Waals surface area contributed by atoms with E-state index in [-0.39, 0.29) is 22.0 Å². The van der Waals surface area contributed by atoms with Gasteiger partial charge in [-0.15, -0.1) is 0 Å². The summed E-state index contributed by atoms with van der Waals surface area (Å²) in [7, 11) is -3.76. The van der Waals surface area contributed by atoms with Crippen molar-refractivity contribution in [3.63, 3.8) is 0 Å². The second-order valence-corrected chi connectivity index (χ2v) is 9.97. The molecule has 2 aliphatic rings. The molecule has 0 spiro atoms. The molecule has 148 valence electrons. The molecule has 2 aromatic rings. The third kappa shape index (κ3) is 3.11. The van der Waals surface area contributed by atoms with Crippen molar-refractivity contribution in [1.29, 1.82) is 0 Å². The average Bonchev–Trinajstić information content (AvgIpc) is 2.71. The average molecular weight is 406 g/mol. The molecule has 0 aliphatic carbocycles. The van der Waals surface area contributed by atoms with Crippen LogP contribution >= 0.6 is 0 Å². The van der Waals surface area contributed by atoms with Gasteiger partial charge in [-0.3, -0.25) is 0 Å². The molecule has 0 aromatic heterocycles. The van der Waals surface area contributed by atoms with Crippen LogP contribution in [0.1, 0.15) is 31.9 Å². The smallest absolute Gasteiger partial charge is 0.179 e. The molecule has 0 bridgehead atoms. The van der Waals surface area contributed by atoms with Gasteiger partial charge >= 0.3 is 0 Å². The zero-order chi connectivity index (χ0) is 20.3. The van der Waals surface area contributed by atoms with E-state index in [1.165, 1.54) is 12.1 Å². The minimum absolute atomic E-state index is 0.0212. The molecule has 2 aromatic carbocycles. The highest BCUT2D eigenvalue weighted by Crippen LogP contribution is 2.48. The summed E-state index contributed by atoms with van der Waals surface area (Å²) in [6.07, 6.45) is 0.399. The molecule has 2 heterocycles. The second kappa shape index (κ2) is 6.20. The summed E-state index contributed by atoms with van der Waals surface area (Å²) in [6.45, 7) is 3.68. The number of allylic oxidation sites excluding steroid dienone is 1. The van der Waals surface area contributed by atoms with Gasteiger partial charge in [0.1, 0.15) is 23.1 Å². The minimum atomic E-state index is -3.76. The Balaban J connectivity index is 1.99. The number of fused-ring (bicyclic) bond motifs is 1. The Morgan fingerprint density at radius 3 is 2.64 bits per heavy atom. The number of para-hydroxylation sites is 1. The van der Waals surface area contributed by atoms with E-state index in [4.69, 9.17) is 0 Å². The number of nitrogens with one attached hydrogen (secondary N) is 2. The van der Waals surface area contributed by atoms with Crippen molar-refractivity contribution in [1.82, 2.24) is 0 Å². The van der Waals surface area contributed by atoms with Crippen molar-refractivity contribution < 1.29 is 22.3 Å². The Morgan fingerprint density at radius 2 is 1.93 bits per heavy atom. The van der Waals surface area contributed by atoms with Crippen molar-refractivity contribution in [2.24, 2.45) is 5.41 Å². The van der Waals surface area contributed by atoms with Gasteiger partial charge in [0.25, 0.3) is 0 Å². The maximum atomic E-state index is 14.6. The lowest BCUT2D eigenvalue weighted by Crippen LogP contribution is -2.35. The molecule has 5 nitrogen and oxygen atoms in total. The molecular formula is C20H20F2N2O3S. The van der Waals surface area contributed by atoms with Crippen LogP contribution in [-0.4, -0.2) is 19.3 Å². The van der Waals surface area contributed by atoms with Gasteiger partial charge in [0, 0.05) is 17.3 Å². The van der Waals surface area contributed by atoms with Gasteiger partial charge in [-0.05, 0) is 30.0 Å². The standard InChI is InChI=1S/C20H20F2N2O3S/c1-20(2)9-15-19(28(26,27)10-20)17(12-7-6-11(21)8-13(12)22)23-14-4-3-5-16(25)18(14)24-15/h3-8,17,23-25H,9-10H2,1-2H3. The molecule has 0 saturated heterocycles. The van der Waals surface area contributed by atoms with Gasteiger partial charge in [0.2, 0.25) is 0 Å². The van der Waals surface area contributed by atoms with Crippen LogP contribution in [0.25, 0.3) is 0 Å². The molecule has 1 unspecified atom stereocenters. The van der Waals surface area contributed by atoms with Crippen molar-refractivity contribution in [2.45, 2.75) is 26.3 Å². The first-order chi connectivity index (χ1) is 13.1. The Hall–Kier alpha value is -2.61. The number of halogens is 2. The van der Waals surface area contributed by atoms with E-state index in [1.54, 1.807) is 12.1 Å². The van der Waals surface area contributed by atoms with E-state index in [0.29, 0.717) is 23.5 Å². The van der Waals surface area contributed by atoms with Crippen molar-refractivity contribution in [2.75, 3.05) is 16.4 Å².